The van der Waals surface area contributed by atoms with E-state index in [-0.39, 0.29) is 0 Å². The largest absolute Gasteiger partial charge is 0.478 e. The van der Waals surface area contributed by atoms with E-state index in [0.717, 1.165) is 34.3 Å². The Bertz CT molecular complexity index is 1200. The van der Waals surface area contributed by atoms with E-state index < -0.39 is 5.97 Å². The standard InChI is InChI=1S/C24H23N3O3/c1-3-14-30-24-26-21-16(2)12-13-25-22(21)27(24)15-17-8-10-18(11-9-17)19-6-4-5-7-20(19)23(28)29/h4-13H,3,14-15H2,1-2H3,(H,28,29). The predicted molar refractivity (Wildman–Crippen MR) is 116 cm³/mol. The second-order valence-corrected chi connectivity index (χ2v) is 7.18. The Morgan fingerprint density at radius 3 is 2.60 bits per heavy atom. The van der Waals surface area contributed by atoms with Crippen molar-refractivity contribution in [2.24, 2.45) is 0 Å². The van der Waals surface area contributed by atoms with E-state index in [1.54, 1.807) is 18.3 Å². The van der Waals surface area contributed by atoms with Gasteiger partial charge in [0, 0.05) is 6.20 Å². The molecule has 2 heterocycles. The van der Waals surface area contributed by atoms with Crippen LogP contribution in [0.25, 0.3) is 22.3 Å². The number of pyridine rings is 1. The van der Waals surface area contributed by atoms with Crippen LogP contribution in [-0.4, -0.2) is 32.2 Å². The molecule has 152 valence electrons. The van der Waals surface area contributed by atoms with Crippen LogP contribution >= 0.6 is 0 Å². The highest BCUT2D eigenvalue weighted by atomic mass is 16.5. The lowest BCUT2D eigenvalue weighted by Crippen LogP contribution is -2.06. The van der Waals surface area contributed by atoms with E-state index >= 15 is 0 Å². The SMILES string of the molecule is CCCOc1nc2c(C)ccnc2n1Cc1ccc(-c2ccccc2C(=O)O)cc1. The zero-order chi connectivity index (χ0) is 21.1. The van der Waals surface area contributed by atoms with Gasteiger partial charge in [-0.05, 0) is 47.7 Å². The Morgan fingerprint density at radius 1 is 1.10 bits per heavy atom. The first-order chi connectivity index (χ1) is 14.6. The van der Waals surface area contributed by atoms with Crippen molar-refractivity contribution in [1.82, 2.24) is 14.5 Å². The number of nitrogens with zero attached hydrogens (tertiary/aromatic N) is 3. The summed E-state index contributed by atoms with van der Waals surface area (Å²) in [6, 6.07) is 17.4. The number of aromatic nitrogens is 3. The topological polar surface area (TPSA) is 77.2 Å². The maximum absolute atomic E-state index is 11.5. The van der Waals surface area contributed by atoms with Crippen LogP contribution in [0.3, 0.4) is 0 Å². The third kappa shape index (κ3) is 3.76. The number of fused-ring (bicyclic) bond motifs is 1. The fourth-order valence-corrected chi connectivity index (χ4v) is 3.46. The van der Waals surface area contributed by atoms with Gasteiger partial charge in [-0.25, -0.2) is 9.78 Å². The molecule has 0 aliphatic heterocycles. The van der Waals surface area contributed by atoms with Gasteiger partial charge in [-0.1, -0.05) is 49.4 Å². The molecular formula is C24H23N3O3. The summed E-state index contributed by atoms with van der Waals surface area (Å²) in [5.74, 6) is -0.932. The number of rotatable bonds is 7. The van der Waals surface area contributed by atoms with Crippen molar-refractivity contribution in [3.63, 3.8) is 0 Å². The molecule has 0 bridgehead atoms. The van der Waals surface area contributed by atoms with Crippen LogP contribution < -0.4 is 4.74 Å². The molecule has 0 atom stereocenters. The number of aromatic carboxylic acids is 1. The highest BCUT2D eigenvalue weighted by molar-refractivity contribution is 5.96. The summed E-state index contributed by atoms with van der Waals surface area (Å²) in [6.07, 6.45) is 2.68. The summed E-state index contributed by atoms with van der Waals surface area (Å²) < 4.78 is 7.86. The van der Waals surface area contributed by atoms with Crippen molar-refractivity contribution in [2.45, 2.75) is 26.8 Å². The highest BCUT2D eigenvalue weighted by Crippen LogP contribution is 2.27. The van der Waals surface area contributed by atoms with Crippen molar-refractivity contribution in [3.8, 4) is 17.1 Å². The lowest BCUT2D eigenvalue weighted by atomic mass is 9.99. The summed E-state index contributed by atoms with van der Waals surface area (Å²) >= 11 is 0. The fraction of sp³-hybridized carbons (Fsp3) is 0.208. The molecular weight excluding hydrogens is 378 g/mol. The van der Waals surface area contributed by atoms with E-state index in [4.69, 9.17) is 4.74 Å². The van der Waals surface area contributed by atoms with Gasteiger partial charge in [0.05, 0.1) is 18.7 Å². The van der Waals surface area contributed by atoms with Crippen LogP contribution in [-0.2, 0) is 6.54 Å². The number of aryl methyl sites for hydroxylation is 1. The molecule has 0 saturated heterocycles. The van der Waals surface area contributed by atoms with Gasteiger partial charge in [-0.2, -0.15) is 4.98 Å². The van der Waals surface area contributed by atoms with Crippen LogP contribution in [0.5, 0.6) is 6.01 Å². The molecule has 0 saturated carbocycles. The zero-order valence-corrected chi connectivity index (χ0v) is 17.0. The minimum Gasteiger partial charge on any atom is -0.478 e. The number of carboxylic acid groups (broad SMARTS) is 1. The summed E-state index contributed by atoms with van der Waals surface area (Å²) in [6.45, 7) is 5.23. The third-order valence-electron chi connectivity index (χ3n) is 5.00. The first kappa shape index (κ1) is 19.6. The summed E-state index contributed by atoms with van der Waals surface area (Å²) in [5, 5.41) is 9.45. The molecule has 4 rings (SSSR count). The van der Waals surface area contributed by atoms with Crippen LogP contribution in [0, 0.1) is 6.92 Å². The molecule has 2 aromatic carbocycles. The summed E-state index contributed by atoms with van der Waals surface area (Å²) in [7, 11) is 0. The number of carboxylic acids is 1. The van der Waals surface area contributed by atoms with Crippen LogP contribution in [0.15, 0.2) is 60.8 Å². The Hall–Kier alpha value is -3.67. The average Bonchev–Trinajstić information content (AvgIpc) is 3.11. The number of hydrogen-bond donors (Lipinski definition) is 1. The molecule has 0 unspecified atom stereocenters. The number of ether oxygens (including phenoxy) is 1. The Kier molecular flexibility index (Phi) is 5.48. The van der Waals surface area contributed by atoms with Crippen LogP contribution in [0.2, 0.25) is 0 Å². The molecule has 6 heteroatoms. The fourth-order valence-electron chi connectivity index (χ4n) is 3.46. The number of benzene rings is 2. The van der Waals surface area contributed by atoms with Gasteiger partial charge in [-0.15, -0.1) is 0 Å². The quantitative estimate of drug-likeness (QED) is 0.474. The molecule has 6 nitrogen and oxygen atoms in total. The maximum Gasteiger partial charge on any atom is 0.336 e. The van der Waals surface area contributed by atoms with Crippen LogP contribution in [0.1, 0.15) is 34.8 Å². The number of carbonyl (C=O) groups is 1. The van der Waals surface area contributed by atoms with Gasteiger partial charge in [0.2, 0.25) is 0 Å². The van der Waals surface area contributed by atoms with Gasteiger partial charge in [0.25, 0.3) is 6.01 Å². The molecule has 2 aromatic heterocycles. The Labute approximate surface area is 174 Å². The first-order valence-electron chi connectivity index (χ1n) is 9.94. The smallest absolute Gasteiger partial charge is 0.336 e. The van der Waals surface area contributed by atoms with Crippen molar-refractivity contribution in [2.75, 3.05) is 6.61 Å². The van der Waals surface area contributed by atoms with Crippen molar-refractivity contribution < 1.29 is 14.6 Å². The van der Waals surface area contributed by atoms with E-state index in [9.17, 15) is 9.90 Å². The third-order valence-corrected chi connectivity index (χ3v) is 5.00. The molecule has 4 aromatic rings. The van der Waals surface area contributed by atoms with Gasteiger partial charge >= 0.3 is 5.97 Å². The molecule has 0 radical (unpaired) electrons. The second kappa shape index (κ2) is 8.37. The zero-order valence-electron chi connectivity index (χ0n) is 17.0. The molecule has 30 heavy (non-hydrogen) atoms. The normalized spacial score (nSPS) is 11.0. The average molecular weight is 401 g/mol. The van der Waals surface area contributed by atoms with E-state index in [2.05, 4.69) is 16.9 Å². The van der Waals surface area contributed by atoms with E-state index in [1.165, 1.54) is 0 Å². The Morgan fingerprint density at radius 2 is 1.87 bits per heavy atom. The van der Waals surface area contributed by atoms with E-state index in [1.807, 2.05) is 54.0 Å². The minimum atomic E-state index is -0.932. The molecule has 0 amide bonds. The van der Waals surface area contributed by atoms with Crippen LogP contribution in [0.4, 0.5) is 0 Å². The highest BCUT2D eigenvalue weighted by Gasteiger charge is 2.16. The molecule has 0 aliphatic carbocycles. The Balaban J connectivity index is 1.68. The predicted octanol–water partition coefficient (Wildman–Crippen LogP) is 4.94. The van der Waals surface area contributed by atoms with Gasteiger partial charge in [0.15, 0.2) is 5.65 Å². The van der Waals surface area contributed by atoms with Gasteiger partial charge in [0.1, 0.15) is 5.52 Å². The van der Waals surface area contributed by atoms with Crippen molar-refractivity contribution >= 4 is 17.1 Å². The minimum absolute atomic E-state index is 0.292. The van der Waals surface area contributed by atoms with E-state index in [0.29, 0.717) is 30.3 Å². The molecule has 0 aliphatic rings. The monoisotopic (exact) mass is 401 g/mol. The number of hydrogen-bond acceptors (Lipinski definition) is 4. The number of imidazole rings is 1. The second-order valence-electron chi connectivity index (χ2n) is 7.18. The van der Waals surface area contributed by atoms with Crippen molar-refractivity contribution in [1.29, 1.82) is 0 Å². The lowest BCUT2D eigenvalue weighted by molar-refractivity contribution is 0.0697. The first-order valence-corrected chi connectivity index (χ1v) is 9.94. The van der Waals surface area contributed by atoms with Crippen molar-refractivity contribution in [3.05, 3.63) is 77.5 Å². The van der Waals surface area contributed by atoms with Gasteiger partial charge < -0.3 is 9.84 Å². The lowest BCUT2D eigenvalue weighted by Gasteiger charge is -2.11. The molecule has 1 N–H and O–H groups in total. The van der Waals surface area contributed by atoms with Gasteiger partial charge in [-0.3, -0.25) is 4.57 Å². The maximum atomic E-state index is 11.5. The summed E-state index contributed by atoms with van der Waals surface area (Å²) in [5.41, 5.74) is 5.60. The summed E-state index contributed by atoms with van der Waals surface area (Å²) in [4.78, 5) is 20.7. The molecule has 0 fully saturated rings. The molecule has 0 spiro atoms.